The molecule has 0 saturated heterocycles. The van der Waals surface area contributed by atoms with Crippen molar-refractivity contribution in [1.29, 1.82) is 0 Å². The third kappa shape index (κ3) is 2.68. The molecule has 92 valence electrons. The van der Waals surface area contributed by atoms with E-state index in [2.05, 4.69) is 19.1 Å². The molecule has 1 heterocycles. The second-order valence-corrected chi connectivity index (χ2v) is 4.49. The zero-order valence-corrected chi connectivity index (χ0v) is 10.1. The lowest BCUT2D eigenvalue weighted by atomic mass is 10.0. The van der Waals surface area contributed by atoms with Gasteiger partial charge in [-0.05, 0) is 36.1 Å². The minimum Gasteiger partial charge on any atom is -0.464 e. The lowest BCUT2D eigenvalue weighted by Crippen LogP contribution is -2.26. The van der Waals surface area contributed by atoms with Gasteiger partial charge in [-0.15, -0.1) is 0 Å². The van der Waals surface area contributed by atoms with Gasteiger partial charge in [0.05, 0.1) is 12.9 Å². The highest BCUT2D eigenvalue weighted by atomic mass is 16.3. The number of fused-ring (bicyclic) bond motifs is 1. The van der Waals surface area contributed by atoms with Crippen LogP contribution in [0.15, 0.2) is 28.9 Å². The molecular weight excluding hydrogens is 214 g/mol. The predicted molar refractivity (Wildman–Crippen MR) is 69.0 cm³/mol. The van der Waals surface area contributed by atoms with Gasteiger partial charge in [-0.3, -0.25) is 0 Å². The van der Waals surface area contributed by atoms with Gasteiger partial charge in [0.1, 0.15) is 5.58 Å². The number of furan rings is 1. The van der Waals surface area contributed by atoms with E-state index in [1.165, 1.54) is 5.56 Å². The molecule has 0 radical (unpaired) electrons. The normalized spacial score (nSPS) is 13.1. The molecule has 0 amide bonds. The van der Waals surface area contributed by atoms with Crippen LogP contribution < -0.4 is 5.73 Å². The number of hydrogen-bond donors (Lipinski definition) is 2. The number of rotatable bonds is 5. The van der Waals surface area contributed by atoms with E-state index in [-0.39, 0.29) is 12.6 Å². The van der Waals surface area contributed by atoms with Gasteiger partial charge in [-0.25, -0.2) is 0 Å². The van der Waals surface area contributed by atoms with Crippen molar-refractivity contribution in [2.45, 2.75) is 32.2 Å². The maximum absolute atomic E-state index is 8.99. The molecule has 3 N–H and O–H groups in total. The van der Waals surface area contributed by atoms with Crippen LogP contribution in [0.3, 0.4) is 0 Å². The van der Waals surface area contributed by atoms with E-state index in [0.717, 1.165) is 29.4 Å². The van der Waals surface area contributed by atoms with Crippen molar-refractivity contribution in [3.05, 3.63) is 35.6 Å². The topological polar surface area (TPSA) is 59.4 Å². The van der Waals surface area contributed by atoms with Crippen LogP contribution >= 0.6 is 0 Å². The van der Waals surface area contributed by atoms with Crippen LogP contribution in [0.5, 0.6) is 0 Å². The van der Waals surface area contributed by atoms with Gasteiger partial charge < -0.3 is 15.3 Å². The molecule has 0 aliphatic heterocycles. The summed E-state index contributed by atoms with van der Waals surface area (Å²) in [4.78, 5) is 0. The molecule has 2 aromatic rings. The van der Waals surface area contributed by atoms with Crippen LogP contribution in [0.4, 0.5) is 0 Å². The van der Waals surface area contributed by atoms with Gasteiger partial charge in [0.25, 0.3) is 0 Å². The summed E-state index contributed by atoms with van der Waals surface area (Å²) in [5.74, 6) is 0. The van der Waals surface area contributed by atoms with Crippen molar-refractivity contribution in [1.82, 2.24) is 0 Å². The van der Waals surface area contributed by atoms with Crippen molar-refractivity contribution < 1.29 is 9.52 Å². The molecule has 1 atom stereocenters. The monoisotopic (exact) mass is 233 g/mol. The van der Waals surface area contributed by atoms with E-state index in [9.17, 15) is 0 Å². The van der Waals surface area contributed by atoms with Gasteiger partial charge in [-0.1, -0.05) is 19.4 Å². The van der Waals surface area contributed by atoms with Crippen LogP contribution in [0, 0.1) is 0 Å². The maximum Gasteiger partial charge on any atom is 0.134 e. The number of nitrogens with two attached hydrogens (primary N) is 1. The molecule has 1 aromatic carbocycles. The van der Waals surface area contributed by atoms with Gasteiger partial charge in [0.15, 0.2) is 0 Å². The molecule has 0 aliphatic rings. The molecule has 3 heteroatoms. The van der Waals surface area contributed by atoms with Crippen LogP contribution in [0.2, 0.25) is 0 Å². The smallest absolute Gasteiger partial charge is 0.134 e. The molecule has 0 bridgehead atoms. The lowest BCUT2D eigenvalue weighted by Gasteiger charge is -2.06. The Bertz CT molecular complexity index is 490. The number of hydrogen-bond acceptors (Lipinski definition) is 3. The predicted octanol–water partition coefficient (Wildman–Crippen LogP) is 2.25. The summed E-state index contributed by atoms with van der Waals surface area (Å²) >= 11 is 0. The molecule has 0 spiro atoms. The van der Waals surface area contributed by atoms with Crippen molar-refractivity contribution in [3.63, 3.8) is 0 Å². The van der Waals surface area contributed by atoms with Gasteiger partial charge in [0, 0.05) is 11.4 Å². The number of aliphatic hydroxyl groups is 1. The van der Waals surface area contributed by atoms with Gasteiger partial charge in [-0.2, -0.15) is 0 Å². The summed E-state index contributed by atoms with van der Waals surface area (Å²) in [5.41, 5.74) is 9.06. The molecule has 0 aliphatic carbocycles. The van der Waals surface area contributed by atoms with Gasteiger partial charge >= 0.3 is 0 Å². The first-order valence-corrected chi connectivity index (χ1v) is 6.10. The van der Waals surface area contributed by atoms with Crippen LogP contribution in [-0.4, -0.2) is 17.8 Å². The zero-order chi connectivity index (χ0) is 12.3. The third-order valence-corrected chi connectivity index (χ3v) is 2.97. The first kappa shape index (κ1) is 12.1. The molecule has 0 saturated carbocycles. The minimum absolute atomic E-state index is 0.00131. The molecule has 3 nitrogen and oxygen atoms in total. The van der Waals surface area contributed by atoms with Crippen LogP contribution in [-0.2, 0) is 12.8 Å². The Balaban J connectivity index is 2.32. The Labute approximate surface area is 101 Å². The summed E-state index contributed by atoms with van der Waals surface area (Å²) in [6.45, 7) is 2.17. The van der Waals surface area contributed by atoms with Crippen molar-refractivity contribution >= 4 is 11.0 Å². The number of aryl methyl sites for hydroxylation is 1. The fourth-order valence-corrected chi connectivity index (χ4v) is 2.08. The summed E-state index contributed by atoms with van der Waals surface area (Å²) < 4.78 is 5.49. The second-order valence-electron chi connectivity index (χ2n) is 4.49. The second kappa shape index (κ2) is 5.34. The first-order chi connectivity index (χ1) is 8.24. The summed E-state index contributed by atoms with van der Waals surface area (Å²) in [6, 6.07) is 6.06. The lowest BCUT2D eigenvalue weighted by molar-refractivity contribution is 0.265. The molecule has 0 fully saturated rings. The zero-order valence-electron chi connectivity index (χ0n) is 10.1. The van der Waals surface area contributed by atoms with Crippen molar-refractivity contribution in [2.75, 3.05) is 6.61 Å². The molecule has 2 rings (SSSR count). The maximum atomic E-state index is 8.99. The van der Waals surface area contributed by atoms with E-state index < -0.39 is 0 Å². The highest BCUT2D eigenvalue weighted by Gasteiger charge is 2.10. The van der Waals surface area contributed by atoms with Crippen molar-refractivity contribution in [3.8, 4) is 0 Å². The van der Waals surface area contributed by atoms with Gasteiger partial charge in [0.2, 0.25) is 0 Å². The Morgan fingerprint density at radius 2 is 2.24 bits per heavy atom. The fourth-order valence-electron chi connectivity index (χ4n) is 2.08. The van der Waals surface area contributed by atoms with E-state index in [1.807, 2.05) is 6.07 Å². The molecule has 1 aromatic heterocycles. The van der Waals surface area contributed by atoms with E-state index in [1.54, 1.807) is 6.26 Å². The summed E-state index contributed by atoms with van der Waals surface area (Å²) in [5, 5.41) is 10.1. The average molecular weight is 233 g/mol. The van der Waals surface area contributed by atoms with E-state index in [0.29, 0.717) is 6.42 Å². The summed E-state index contributed by atoms with van der Waals surface area (Å²) in [7, 11) is 0. The fraction of sp³-hybridized carbons (Fsp3) is 0.429. The first-order valence-electron chi connectivity index (χ1n) is 6.10. The van der Waals surface area contributed by atoms with Crippen LogP contribution in [0.25, 0.3) is 11.0 Å². The van der Waals surface area contributed by atoms with E-state index in [4.69, 9.17) is 15.3 Å². The third-order valence-electron chi connectivity index (χ3n) is 2.97. The molecular formula is C14H19NO2. The highest BCUT2D eigenvalue weighted by molar-refractivity contribution is 5.81. The Hall–Kier alpha value is -1.32. The quantitative estimate of drug-likeness (QED) is 0.832. The highest BCUT2D eigenvalue weighted by Crippen LogP contribution is 2.24. The number of benzene rings is 1. The molecule has 0 unspecified atom stereocenters. The number of aliphatic hydroxyl groups excluding tert-OH is 1. The standard InChI is InChI=1S/C14H19NO2/c1-2-3-10-4-5-14-13(6-10)11(9-17-14)7-12(15)8-16/h4-6,9,12,16H,2-3,7-8,15H2,1H3/t12-/m1/s1. The average Bonchev–Trinajstić information content (AvgIpc) is 2.72. The Kier molecular flexibility index (Phi) is 3.82. The summed E-state index contributed by atoms with van der Waals surface area (Å²) in [6.07, 6.45) is 4.61. The Morgan fingerprint density at radius 1 is 1.41 bits per heavy atom. The van der Waals surface area contributed by atoms with Crippen LogP contribution in [0.1, 0.15) is 24.5 Å². The minimum atomic E-state index is -0.217. The molecule has 17 heavy (non-hydrogen) atoms. The largest absolute Gasteiger partial charge is 0.464 e. The van der Waals surface area contributed by atoms with E-state index >= 15 is 0 Å². The Morgan fingerprint density at radius 3 is 2.94 bits per heavy atom. The van der Waals surface area contributed by atoms with Crippen molar-refractivity contribution in [2.24, 2.45) is 5.73 Å². The SMILES string of the molecule is CCCc1ccc2occ(C[C@@H](N)CO)c2c1.